The summed E-state index contributed by atoms with van der Waals surface area (Å²) >= 11 is 4.64. The molecule has 4 aromatic rings. The molecule has 0 fully saturated rings. The zero-order chi connectivity index (χ0) is 19.5. The number of hydrogen-bond donors (Lipinski definition) is 0. The predicted molar refractivity (Wildman–Crippen MR) is 108 cm³/mol. The van der Waals surface area contributed by atoms with Gasteiger partial charge in [-0.05, 0) is 19.1 Å². The Balaban J connectivity index is 1.44. The number of hydrogen-bond acceptors (Lipinski definition) is 7. The molecule has 0 saturated heterocycles. The molecule has 0 unspecified atom stereocenters. The van der Waals surface area contributed by atoms with Crippen LogP contribution in [-0.2, 0) is 18.1 Å². The van der Waals surface area contributed by atoms with Gasteiger partial charge >= 0.3 is 6.55 Å². The van der Waals surface area contributed by atoms with Crippen LogP contribution in [0.25, 0.3) is 10.2 Å². The van der Waals surface area contributed by atoms with E-state index in [0.29, 0.717) is 29.0 Å². The lowest BCUT2D eigenvalue weighted by Gasteiger charge is -2.08. The van der Waals surface area contributed by atoms with Crippen molar-refractivity contribution in [2.24, 2.45) is 0 Å². The van der Waals surface area contributed by atoms with E-state index in [4.69, 9.17) is 0 Å². The van der Waals surface area contributed by atoms with Gasteiger partial charge in [-0.2, -0.15) is 8.78 Å². The summed E-state index contributed by atoms with van der Waals surface area (Å²) < 4.78 is 30.9. The quantitative estimate of drug-likeness (QED) is 0.357. The molecule has 0 aliphatic rings. The van der Waals surface area contributed by atoms with E-state index >= 15 is 0 Å². The molecular weight excluding hydrogens is 422 g/mol. The summed E-state index contributed by atoms with van der Waals surface area (Å²) in [5.74, 6) is 2.11. The molecule has 28 heavy (non-hydrogen) atoms. The number of aromatic nitrogens is 6. The van der Waals surface area contributed by atoms with Crippen LogP contribution in [0.2, 0.25) is 0 Å². The SMILES string of the molecule is CCn1c(CSc2nc3ccccc3s2)nnc1SCc1nccn1C(F)F. The van der Waals surface area contributed by atoms with Crippen molar-refractivity contribution in [2.45, 2.75) is 41.0 Å². The lowest BCUT2D eigenvalue weighted by Crippen LogP contribution is -2.04. The smallest absolute Gasteiger partial charge is 0.306 e. The third-order valence-corrected chi connectivity index (χ3v) is 7.14. The van der Waals surface area contributed by atoms with Crippen LogP contribution < -0.4 is 0 Å². The third-order valence-electron chi connectivity index (χ3n) is 4.00. The fourth-order valence-electron chi connectivity index (χ4n) is 2.65. The molecular formula is C17H16F2N6S3. The summed E-state index contributed by atoms with van der Waals surface area (Å²) in [6.07, 6.45) is 2.66. The Labute approximate surface area is 172 Å². The zero-order valence-electron chi connectivity index (χ0n) is 14.8. The maximum atomic E-state index is 12.9. The molecule has 3 aromatic heterocycles. The molecule has 0 atom stereocenters. The second-order valence-electron chi connectivity index (χ2n) is 5.70. The van der Waals surface area contributed by atoms with Crippen LogP contribution in [0, 0.1) is 0 Å². The number of benzene rings is 1. The van der Waals surface area contributed by atoms with E-state index in [1.807, 2.05) is 29.7 Å². The first kappa shape index (κ1) is 19.3. The normalized spacial score (nSPS) is 11.7. The Morgan fingerprint density at radius 2 is 1.93 bits per heavy atom. The van der Waals surface area contributed by atoms with Gasteiger partial charge in [0.25, 0.3) is 0 Å². The molecule has 11 heteroatoms. The average molecular weight is 439 g/mol. The number of rotatable bonds is 8. The molecule has 1 aromatic carbocycles. The van der Waals surface area contributed by atoms with Gasteiger partial charge in [-0.3, -0.25) is 4.57 Å². The second kappa shape index (κ2) is 8.58. The highest BCUT2D eigenvalue weighted by Crippen LogP contribution is 2.32. The summed E-state index contributed by atoms with van der Waals surface area (Å²) in [6.45, 7) is 0.121. The van der Waals surface area contributed by atoms with Crippen molar-refractivity contribution in [1.29, 1.82) is 0 Å². The highest BCUT2D eigenvalue weighted by molar-refractivity contribution is 8.00. The zero-order valence-corrected chi connectivity index (χ0v) is 17.3. The topological polar surface area (TPSA) is 61.4 Å². The monoisotopic (exact) mass is 438 g/mol. The van der Waals surface area contributed by atoms with Crippen LogP contribution in [0.1, 0.15) is 25.1 Å². The minimum absolute atomic E-state index is 0.306. The number of thiazole rings is 1. The number of imidazole rings is 1. The molecule has 0 aliphatic heterocycles. The number of para-hydroxylation sites is 1. The van der Waals surface area contributed by atoms with E-state index in [9.17, 15) is 8.78 Å². The van der Waals surface area contributed by atoms with Gasteiger partial charge < -0.3 is 4.57 Å². The number of nitrogens with zero attached hydrogens (tertiary/aromatic N) is 6. The molecule has 4 rings (SSSR count). The van der Waals surface area contributed by atoms with Crippen LogP contribution in [0.5, 0.6) is 0 Å². The third kappa shape index (κ3) is 4.06. The molecule has 0 bridgehead atoms. The highest BCUT2D eigenvalue weighted by Gasteiger charge is 2.16. The first-order valence-corrected chi connectivity index (χ1v) is 11.3. The molecule has 0 amide bonds. The van der Waals surface area contributed by atoms with E-state index in [0.717, 1.165) is 24.9 Å². The van der Waals surface area contributed by atoms with Gasteiger partial charge in [0.1, 0.15) is 11.6 Å². The first-order valence-electron chi connectivity index (χ1n) is 8.48. The standard InChI is InChI=1S/C17H16F2N6S3/c1-2-24-14(10-27-17-21-11-5-3-4-6-12(11)28-17)22-23-16(24)26-9-13-20-7-8-25(13)15(18)19/h3-8,15H,2,9-10H2,1H3. The molecule has 0 aliphatic carbocycles. The van der Waals surface area contributed by atoms with E-state index < -0.39 is 6.55 Å². The molecule has 0 saturated carbocycles. The summed E-state index contributed by atoms with van der Waals surface area (Å²) in [5.41, 5.74) is 0.998. The predicted octanol–water partition coefficient (Wildman–Crippen LogP) is 5.08. The molecule has 6 nitrogen and oxygen atoms in total. The number of thioether (sulfide) groups is 2. The van der Waals surface area contributed by atoms with Crippen molar-refractivity contribution >= 4 is 45.1 Å². The summed E-state index contributed by atoms with van der Waals surface area (Å²) in [4.78, 5) is 8.63. The van der Waals surface area contributed by atoms with Gasteiger partial charge in [0.2, 0.25) is 0 Å². The summed E-state index contributed by atoms with van der Waals surface area (Å²) in [7, 11) is 0. The Hall–Kier alpha value is -1.98. The van der Waals surface area contributed by atoms with E-state index in [2.05, 4.69) is 26.2 Å². The van der Waals surface area contributed by atoms with Crippen molar-refractivity contribution < 1.29 is 8.78 Å². The summed E-state index contributed by atoms with van der Waals surface area (Å²) in [6, 6.07) is 8.05. The van der Waals surface area contributed by atoms with Gasteiger partial charge in [0.15, 0.2) is 9.50 Å². The van der Waals surface area contributed by atoms with Crippen LogP contribution in [0.3, 0.4) is 0 Å². The molecule has 0 spiro atoms. The average Bonchev–Trinajstić information content (AvgIpc) is 3.41. The van der Waals surface area contributed by atoms with Crippen LogP contribution in [0.15, 0.2) is 46.2 Å². The molecule has 3 heterocycles. The first-order chi connectivity index (χ1) is 13.7. The van der Waals surface area contributed by atoms with Gasteiger partial charge in [-0.15, -0.1) is 21.5 Å². The van der Waals surface area contributed by atoms with Gasteiger partial charge in [-0.25, -0.2) is 9.97 Å². The number of fused-ring (bicyclic) bond motifs is 1. The molecule has 146 valence electrons. The van der Waals surface area contributed by atoms with E-state index in [1.54, 1.807) is 23.1 Å². The van der Waals surface area contributed by atoms with Crippen LogP contribution in [0.4, 0.5) is 8.78 Å². The van der Waals surface area contributed by atoms with E-state index in [-0.39, 0.29) is 0 Å². The fourth-order valence-corrected chi connectivity index (χ4v) is 5.63. The minimum Gasteiger partial charge on any atom is -0.306 e. The highest BCUT2D eigenvalue weighted by atomic mass is 32.2. The van der Waals surface area contributed by atoms with Crippen molar-refractivity contribution in [3.05, 3.63) is 48.3 Å². The van der Waals surface area contributed by atoms with Crippen molar-refractivity contribution in [3.8, 4) is 0 Å². The number of alkyl halides is 2. The maximum absolute atomic E-state index is 12.9. The van der Waals surface area contributed by atoms with Crippen LogP contribution >= 0.6 is 34.9 Å². The minimum atomic E-state index is -2.59. The number of halogens is 2. The lowest BCUT2D eigenvalue weighted by atomic mass is 10.3. The van der Waals surface area contributed by atoms with Crippen molar-refractivity contribution in [3.63, 3.8) is 0 Å². The largest absolute Gasteiger partial charge is 0.319 e. The molecule has 0 radical (unpaired) electrons. The Morgan fingerprint density at radius 1 is 1.11 bits per heavy atom. The Bertz CT molecular complexity index is 1040. The van der Waals surface area contributed by atoms with Gasteiger partial charge in [-0.1, -0.05) is 35.7 Å². The Kier molecular flexibility index (Phi) is 5.93. The fraction of sp³-hybridized carbons (Fsp3) is 0.294. The van der Waals surface area contributed by atoms with Crippen molar-refractivity contribution in [1.82, 2.24) is 29.3 Å². The summed E-state index contributed by atoms with van der Waals surface area (Å²) in [5, 5.41) is 9.22. The van der Waals surface area contributed by atoms with E-state index in [1.165, 1.54) is 24.2 Å². The van der Waals surface area contributed by atoms with Crippen LogP contribution in [-0.4, -0.2) is 29.3 Å². The van der Waals surface area contributed by atoms with Crippen molar-refractivity contribution in [2.75, 3.05) is 0 Å². The van der Waals surface area contributed by atoms with Gasteiger partial charge in [0, 0.05) is 18.9 Å². The Morgan fingerprint density at radius 3 is 2.71 bits per heavy atom. The maximum Gasteiger partial charge on any atom is 0.319 e. The molecule has 0 N–H and O–H groups in total. The lowest BCUT2D eigenvalue weighted by molar-refractivity contribution is 0.0678. The second-order valence-corrected chi connectivity index (χ2v) is 8.89. The van der Waals surface area contributed by atoms with Gasteiger partial charge in [0.05, 0.1) is 21.7 Å².